The van der Waals surface area contributed by atoms with E-state index in [1.807, 2.05) is 24.3 Å². The van der Waals surface area contributed by atoms with Gasteiger partial charge in [0.25, 0.3) is 0 Å². The highest BCUT2D eigenvalue weighted by molar-refractivity contribution is 9.10. The predicted octanol–water partition coefficient (Wildman–Crippen LogP) is 4.17. The number of ether oxygens (including phenoxy) is 1. The maximum Gasteiger partial charge on any atom is 0.242 e. The summed E-state index contributed by atoms with van der Waals surface area (Å²) >= 11 is 3.22. The van der Waals surface area contributed by atoms with Gasteiger partial charge in [0.1, 0.15) is 11.6 Å². The summed E-state index contributed by atoms with van der Waals surface area (Å²) in [5.74, 6) is -0.264. The maximum atomic E-state index is 14.9. The molecule has 4 N–H and O–H groups in total. The summed E-state index contributed by atoms with van der Waals surface area (Å²) in [5, 5.41) is 6.53. The number of benzene rings is 2. The molecule has 3 rings (SSSR count). The zero-order chi connectivity index (χ0) is 20.1. The van der Waals surface area contributed by atoms with E-state index in [2.05, 4.69) is 31.5 Å². The number of anilines is 2. The Labute approximate surface area is 169 Å². The first-order valence-corrected chi connectivity index (χ1v) is 9.15. The molecule has 0 bridgehead atoms. The average molecular weight is 445 g/mol. The number of nitrogens with zero attached hydrogens (tertiary/aromatic N) is 1. The number of methoxy groups -OCH3 is 1. The minimum atomic E-state index is -0.595. The van der Waals surface area contributed by atoms with Gasteiger partial charge in [0.2, 0.25) is 5.91 Å². The van der Waals surface area contributed by atoms with Crippen LogP contribution >= 0.6 is 15.9 Å². The van der Waals surface area contributed by atoms with E-state index in [4.69, 9.17) is 10.5 Å². The van der Waals surface area contributed by atoms with Gasteiger partial charge in [-0.25, -0.2) is 4.39 Å². The quantitative estimate of drug-likeness (QED) is 0.475. The normalized spacial score (nSPS) is 11.0. The number of fused-ring (bicyclic) bond motifs is 1. The standard InChI is InChI=1S/C20H18BrFN4O2/c1-28-13-4-2-12(3-5-13)10-26-20-16(24-9-8-17(23)27)11-25-15-7-6-14(21)19(22)18(15)20/h2-9,11,24H,10H2,1H3,(H2,23,27)(H,25,26). The third kappa shape index (κ3) is 4.40. The molecule has 1 aromatic heterocycles. The molecule has 0 aliphatic rings. The Morgan fingerprint density at radius 3 is 2.71 bits per heavy atom. The Hall–Kier alpha value is -3.13. The van der Waals surface area contributed by atoms with Crippen LogP contribution in [-0.2, 0) is 11.3 Å². The number of primary amides is 1. The molecule has 0 radical (unpaired) electrons. The zero-order valence-electron chi connectivity index (χ0n) is 15.0. The summed E-state index contributed by atoms with van der Waals surface area (Å²) in [6, 6.07) is 10.9. The molecule has 0 fully saturated rings. The van der Waals surface area contributed by atoms with Crippen molar-refractivity contribution in [3.63, 3.8) is 0 Å². The molecule has 0 saturated heterocycles. The van der Waals surface area contributed by atoms with Crippen molar-refractivity contribution in [2.75, 3.05) is 17.7 Å². The van der Waals surface area contributed by atoms with Crippen LogP contribution in [0.25, 0.3) is 10.9 Å². The first kappa shape index (κ1) is 19.6. The number of aromatic nitrogens is 1. The fraction of sp³-hybridized carbons (Fsp3) is 0.100. The van der Waals surface area contributed by atoms with Gasteiger partial charge >= 0.3 is 0 Å². The van der Waals surface area contributed by atoms with Crippen LogP contribution in [-0.4, -0.2) is 18.0 Å². The molecule has 8 heteroatoms. The topological polar surface area (TPSA) is 89.3 Å². The van der Waals surface area contributed by atoms with Gasteiger partial charge in [0.05, 0.1) is 40.1 Å². The molecule has 0 aliphatic heterocycles. The van der Waals surface area contributed by atoms with Gasteiger partial charge in [-0.2, -0.15) is 0 Å². The van der Waals surface area contributed by atoms with E-state index in [0.29, 0.717) is 33.3 Å². The Morgan fingerprint density at radius 2 is 2.04 bits per heavy atom. The highest BCUT2D eigenvalue weighted by Crippen LogP contribution is 2.35. The van der Waals surface area contributed by atoms with E-state index in [9.17, 15) is 9.18 Å². The van der Waals surface area contributed by atoms with E-state index in [-0.39, 0.29) is 0 Å². The lowest BCUT2D eigenvalue weighted by Crippen LogP contribution is -2.08. The van der Waals surface area contributed by atoms with E-state index >= 15 is 0 Å². The maximum absolute atomic E-state index is 14.9. The number of nitrogens with two attached hydrogens (primary N) is 1. The second kappa shape index (κ2) is 8.71. The molecule has 0 atom stereocenters. The second-order valence-corrected chi connectivity index (χ2v) is 6.74. The van der Waals surface area contributed by atoms with Crippen LogP contribution in [0.3, 0.4) is 0 Å². The molecule has 0 saturated carbocycles. The lowest BCUT2D eigenvalue weighted by Gasteiger charge is -2.16. The van der Waals surface area contributed by atoms with Crippen LogP contribution in [0, 0.1) is 5.82 Å². The lowest BCUT2D eigenvalue weighted by molar-refractivity contribution is -0.113. The van der Waals surface area contributed by atoms with Gasteiger partial charge in [-0.3, -0.25) is 9.78 Å². The van der Waals surface area contributed by atoms with Crippen LogP contribution < -0.4 is 21.1 Å². The highest BCUT2D eigenvalue weighted by Gasteiger charge is 2.15. The van der Waals surface area contributed by atoms with Crippen LogP contribution in [0.5, 0.6) is 5.75 Å². The molecule has 0 spiro atoms. The lowest BCUT2D eigenvalue weighted by atomic mass is 10.1. The van der Waals surface area contributed by atoms with Crippen LogP contribution in [0.4, 0.5) is 15.8 Å². The minimum absolute atomic E-state index is 0.333. The molecular formula is C20H18BrFN4O2. The van der Waals surface area contributed by atoms with Gasteiger partial charge in [-0.05, 0) is 45.8 Å². The van der Waals surface area contributed by atoms with E-state index in [1.54, 1.807) is 25.4 Å². The average Bonchev–Trinajstić information content (AvgIpc) is 2.69. The third-order valence-corrected chi connectivity index (χ3v) is 4.65. The van der Waals surface area contributed by atoms with Crippen molar-refractivity contribution in [1.82, 2.24) is 4.98 Å². The summed E-state index contributed by atoms with van der Waals surface area (Å²) in [7, 11) is 1.61. The third-order valence-electron chi connectivity index (χ3n) is 4.04. The molecule has 28 heavy (non-hydrogen) atoms. The minimum Gasteiger partial charge on any atom is -0.497 e. The number of amides is 1. The fourth-order valence-electron chi connectivity index (χ4n) is 2.66. The van der Waals surface area contributed by atoms with Gasteiger partial charge in [0, 0.05) is 18.8 Å². The second-order valence-electron chi connectivity index (χ2n) is 5.88. The number of hydrogen-bond acceptors (Lipinski definition) is 5. The Bertz CT molecular complexity index is 1040. The first-order valence-electron chi connectivity index (χ1n) is 8.35. The van der Waals surface area contributed by atoms with Crippen molar-refractivity contribution in [3.8, 4) is 5.75 Å². The smallest absolute Gasteiger partial charge is 0.242 e. The Kier molecular flexibility index (Phi) is 6.10. The molecule has 6 nitrogen and oxygen atoms in total. The fourth-order valence-corrected chi connectivity index (χ4v) is 2.99. The summed E-state index contributed by atoms with van der Waals surface area (Å²) in [4.78, 5) is 15.2. The SMILES string of the molecule is COc1ccc(CNc2c(NC=CC(N)=O)cnc3ccc(Br)c(F)c23)cc1. The first-order chi connectivity index (χ1) is 13.5. The van der Waals surface area contributed by atoms with E-state index < -0.39 is 11.7 Å². The van der Waals surface area contributed by atoms with Gasteiger partial charge in [-0.1, -0.05) is 12.1 Å². The highest BCUT2D eigenvalue weighted by atomic mass is 79.9. The number of halogens is 2. The number of pyridine rings is 1. The summed E-state index contributed by atoms with van der Waals surface area (Å²) < 4.78 is 20.3. The van der Waals surface area contributed by atoms with Crippen molar-refractivity contribution in [2.24, 2.45) is 5.73 Å². The van der Waals surface area contributed by atoms with Gasteiger partial charge in [0.15, 0.2) is 0 Å². The molecular weight excluding hydrogens is 427 g/mol. The van der Waals surface area contributed by atoms with Crippen molar-refractivity contribution in [1.29, 1.82) is 0 Å². The molecule has 144 valence electrons. The van der Waals surface area contributed by atoms with Crippen molar-refractivity contribution in [3.05, 3.63) is 70.7 Å². The number of nitrogens with one attached hydrogen (secondary N) is 2. The van der Waals surface area contributed by atoms with Crippen molar-refractivity contribution in [2.45, 2.75) is 6.54 Å². The molecule has 0 aliphatic carbocycles. The Morgan fingerprint density at radius 1 is 1.29 bits per heavy atom. The monoisotopic (exact) mass is 444 g/mol. The summed E-state index contributed by atoms with van der Waals surface area (Å²) in [6.45, 7) is 0.448. The van der Waals surface area contributed by atoms with E-state index in [0.717, 1.165) is 11.3 Å². The molecule has 3 aromatic rings. The number of carbonyl (C=O) groups is 1. The van der Waals surface area contributed by atoms with Crippen LogP contribution in [0.1, 0.15) is 5.56 Å². The number of carbonyl (C=O) groups excluding carboxylic acids is 1. The predicted molar refractivity (Wildman–Crippen MR) is 112 cm³/mol. The van der Waals surface area contributed by atoms with Crippen LogP contribution in [0.2, 0.25) is 0 Å². The molecule has 1 amide bonds. The van der Waals surface area contributed by atoms with Gasteiger partial charge < -0.3 is 21.1 Å². The van der Waals surface area contributed by atoms with Crippen LogP contribution in [0.15, 0.2) is 59.3 Å². The Balaban J connectivity index is 1.99. The summed E-state index contributed by atoms with van der Waals surface area (Å²) in [6.07, 6.45) is 4.13. The molecule has 0 unspecified atom stereocenters. The molecule has 2 aromatic carbocycles. The largest absolute Gasteiger partial charge is 0.497 e. The zero-order valence-corrected chi connectivity index (χ0v) is 16.6. The van der Waals surface area contributed by atoms with Gasteiger partial charge in [-0.15, -0.1) is 0 Å². The number of rotatable bonds is 7. The summed E-state index contributed by atoms with van der Waals surface area (Å²) in [5.41, 5.74) is 7.63. The van der Waals surface area contributed by atoms with Crippen molar-refractivity contribution >= 4 is 44.1 Å². The van der Waals surface area contributed by atoms with Crippen molar-refractivity contribution < 1.29 is 13.9 Å². The van der Waals surface area contributed by atoms with E-state index in [1.165, 1.54) is 12.3 Å². The number of hydrogen-bond donors (Lipinski definition) is 3. The molecule has 1 heterocycles.